The Kier molecular flexibility index (Phi) is 29.9. The lowest BCUT2D eigenvalue weighted by Gasteiger charge is -2.09. The zero-order valence-electron chi connectivity index (χ0n) is 41.2. The molecular weight excluding hydrogens is 1400 g/mol. The third kappa shape index (κ3) is 22.4. The Morgan fingerprint density at radius 3 is 1.19 bits per heavy atom. The molecule has 0 spiro atoms. The molecule has 0 aliphatic rings. The number of nitrogens with one attached hydrogen (secondary N) is 2. The molecule has 0 heterocycles. The van der Waals surface area contributed by atoms with E-state index < -0.39 is 101 Å². The maximum Gasteiger partial charge on any atom is 0.344 e. The van der Waals surface area contributed by atoms with Crippen LogP contribution in [0.15, 0.2) is 66.7 Å². The van der Waals surface area contributed by atoms with Crippen molar-refractivity contribution < 1.29 is 88.9 Å². The van der Waals surface area contributed by atoms with Gasteiger partial charge in [0.25, 0.3) is 5.69 Å². The highest BCUT2D eigenvalue weighted by molar-refractivity contribution is 6.42. The van der Waals surface area contributed by atoms with Crippen molar-refractivity contribution in [3.63, 3.8) is 0 Å². The van der Waals surface area contributed by atoms with E-state index in [1.54, 1.807) is 0 Å². The summed E-state index contributed by atoms with van der Waals surface area (Å²) in [7, 11) is 0. The third-order valence-corrected chi connectivity index (χ3v) is 12.6. The summed E-state index contributed by atoms with van der Waals surface area (Å²) in [6.07, 6.45) is 0. The van der Waals surface area contributed by atoms with E-state index in [0.717, 1.165) is 31.2 Å². The first-order chi connectivity index (χ1) is 39.1. The van der Waals surface area contributed by atoms with Crippen LogP contribution in [0.25, 0.3) is 0 Å². The third-order valence-electron chi connectivity index (χ3n) is 9.02. The predicted molar refractivity (Wildman–Crippen MR) is 315 cm³/mol. The predicted octanol–water partition coefficient (Wildman–Crippen LogP) is 15.1. The lowest BCUT2D eigenvalue weighted by Crippen LogP contribution is -2.12. The van der Waals surface area contributed by atoms with Crippen LogP contribution in [0.1, 0.15) is 76.0 Å². The number of carbonyl (C=O) groups is 8. The number of nitro groups is 3. The van der Waals surface area contributed by atoms with E-state index in [9.17, 15) is 73.8 Å². The number of benzene rings is 6. The smallest absolute Gasteiger partial charge is 0.344 e. The minimum Gasteiger partial charge on any atom is -0.501 e. The van der Waals surface area contributed by atoms with Crippen LogP contribution in [0.3, 0.4) is 0 Å². The molecule has 452 valence electrons. The summed E-state index contributed by atoms with van der Waals surface area (Å²) in [6.45, 7) is 2.40. The number of carboxylic acid groups (broad SMARTS) is 6. The maximum atomic E-state index is 11.0. The Labute approximate surface area is 532 Å². The van der Waals surface area contributed by atoms with Gasteiger partial charge in [-0.1, -0.05) is 139 Å². The van der Waals surface area contributed by atoms with Gasteiger partial charge < -0.3 is 52.1 Å². The lowest BCUT2D eigenvalue weighted by molar-refractivity contribution is -0.386. The van der Waals surface area contributed by atoms with Crippen molar-refractivity contribution >= 4 is 221 Å². The summed E-state index contributed by atoms with van der Waals surface area (Å²) < 4.78 is 0. The molecule has 0 atom stereocenters. The summed E-state index contributed by atoms with van der Waals surface area (Å²) in [5, 5.41) is 97.1. The molecule has 0 fully saturated rings. The zero-order valence-corrected chi connectivity index (χ0v) is 50.2. The van der Waals surface area contributed by atoms with Crippen LogP contribution in [0, 0.1) is 30.3 Å². The summed E-state index contributed by atoms with van der Waals surface area (Å²) in [6, 6.07) is 13.1. The van der Waals surface area contributed by atoms with Crippen molar-refractivity contribution in [2.45, 2.75) is 13.8 Å². The van der Waals surface area contributed by atoms with Gasteiger partial charge in [-0.15, -0.1) is 0 Å². The van der Waals surface area contributed by atoms with Crippen LogP contribution in [-0.4, -0.2) is 98.1 Å². The molecule has 0 saturated carbocycles. The van der Waals surface area contributed by atoms with E-state index >= 15 is 0 Å². The van der Waals surface area contributed by atoms with Gasteiger partial charge in [0.2, 0.25) is 17.6 Å². The summed E-state index contributed by atoms with van der Waals surface area (Å²) in [5.41, 5.74) is 1.13. The molecule has 6 aromatic rings. The number of phenols is 1. The van der Waals surface area contributed by atoms with Gasteiger partial charge in [-0.05, 0) is 60.7 Å². The molecule has 27 nitrogen and oxygen atoms in total. The Bertz CT molecular complexity index is 3690. The molecule has 0 radical (unpaired) electrons. The zero-order chi connectivity index (χ0) is 66.0. The quantitative estimate of drug-likeness (QED) is 0.0327. The Morgan fingerprint density at radius 2 is 0.788 bits per heavy atom. The fraction of sp³-hybridized carbons (Fsp3) is 0.0435. The standard InChI is InChI=1S/C9H6Cl2N2O5.C9H7Cl2NO3.C7H3Cl2NO5.C7H3Cl2NO4.C7H5Cl2NO2.C7H4Cl2O2/c1-3(14)12-7-5(11)2-4(10)6(9(15)16)8(7)13(17)18;1-4(13)12-8-2-5(9(14)15)6(10)3-7(8)11;8-2-1-3(9)6(11)5(10(14)15)4(2)7(12)13;8-4-2-5(9)6(10(13)14)1-3(4)7(11)12;8-4-2-5(9)6(10)1-3(4)7(11)12;8-4-1-2-5(7(10)11)6(9)3-4/h2H,1H3,(H,12,14)(H,15,16);2-3H,1H3,(H,12,13)(H,14,15);1,11H,(H,12,13);1-2H,(H,11,12);1-2H,10H2,(H,11,12);1-3H,(H,10,11). The summed E-state index contributed by atoms with van der Waals surface area (Å²) in [5.74, 6) is -9.76. The second-order valence-electron chi connectivity index (χ2n) is 14.9. The van der Waals surface area contributed by atoms with Crippen molar-refractivity contribution in [1.29, 1.82) is 0 Å². The van der Waals surface area contributed by atoms with Crippen LogP contribution in [0.5, 0.6) is 5.75 Å². The van der Waals surface area contributed by atoms with Crippen LogP contribution in [0.4, 0.5) is 34.1 Å². The maximum absolute atomic E-state index is 11.0. The number of hydrogen-bond acceptors (Lipinski definition) is 16. The largest absolute Gasteiger partial charge is 0.501 e. The van der Waals surface area contributed by atoms with Crippen molar-refractivity contribution in [3.05, 3.63) is 191 Å². The number of nitrogens with two attached hydrogens (primary N) is 1. The molecule has 85 heavy (non-hydrogen) atoms. The fourth-order valence-corrected chi connectivity index (χ4v) is 8.61. The SMILES string of the molecule is CC(=O)Nc1c(Cl)cc(Cl)c(C(=O)O)c1[N+](=O)[O-].CC(=O)Nc1cc(C(=O)O)c(Cl)cc1Cl.Nc1cc(C(=O)O)c(Cl)cc1Cl.O=C(O)c1c(Cl)cc(Cl)c(O)c1[N+](=O)[O-].O=C(O)c1cc([N+](=O)[O-])c(Cl)cc1Cl.O=C(O)c1ccc(Cl)cc1Cl. The Balaban J connectivity index is 0.000000513. The molecule has 0 unspecified atom stereocenters. The first kappa shape index (κ1) is 75.4. The van der Waals surface area contributed by atoms with E-state index in [-0.39, 0.29) is 89.8 Å². The van der Waals surface area contributed by atoms with Crippen LogP contribution in [0.2, 0.25) is 60.3 Å². The van der Waals surface area contributed by atoms with Crippen molar-refractivity contribution in [2.75, 3.05) is 16.4 Å². The van der Waals surface area contributed by atoms with E-state index in [1.165, 1.54) is 49.4 Å². The van der Waals surface area contributed by atoms with E-state index in [4.69, 9.17) is 176 Å². The molecule has 2 amide bonds. The average molecular weight is 1430 g/mol. The molecule has 6 aromatic carbocycles. The van der Waals surface area contributed by atoms with Gasteiger partial charge in [-0.2, -0.15) is 0 Å². The van der Waals surface area contributed by atoms with Gasteiger partial charge in [0.1, 0.15) is 10.7 Å². The second kappa shape index (κ2) is 33.7. The summed E-state index contributed by atoms with van der Waals surface area (Å²) in [4.78, 5) is 115. The summed E-state index contributed by atoms with van der Waals surface area (Å²) >= 11 is 66.9. The highest BCUT2D eigenvalue weighted by Gasteiger charge is 2.32. The number of hydrogen-bond donors (Lipinski definition) is 10. The molecule has 39 heteroatoms. The molecule has 6 rings (SSSR count). The number of phenolic OH excluding ortho intramolecular Hbond substituents is 1. The highest BCUT2D eigenvalue weighted by Crippen LogP contribution is 2.42. The molecule has 0 saturated heterocycles. The first-order valence-corrected chi connectivity index (χ1v) is 25.4. The van der Waals surface area contributed by atoms with Gasteiger partial charge >= 0.3 is 47.2 Å². The van der Waals surface area contributed by atoms with Crippen LogP contribution >= 0.6 is 139 Å². The molecular formula is C46H28Cl12N6O21. The number of nitrogen functional groups attached to an aromatic ring is 1. The number of anilines is 3. The number of aromatic hydroxyl groups is 1. The second-order valence-corrected chi connectivity index (χ2v) is 19.8. The molecule has 0 aliphatic heterocycles. The van der Waals surface area contributed by atoms with Gasteiger partial charge in [0.15, 0.2) is 11.1 Å². The van der Waals surface area contributed by atoms with Gasteiger partial charge in [-0.25, -0.2) is 28.8 Å². The van der Waals surface area contributed by atoms with Crippen molar-refractivity contribution in [1.82, 2.24) is 0 Å². The first-order valence-electron chi connectivity index (χ1n) is 20.9. The minimum absolute atomic E-state index is 0.0293. The van der Waals surface area contributed by atoms with E-state index in [2.05, 4.69) is 10.6 Å². The van der Waals surface area contributed by atoms with Crippen molar-refractivity contribution in [2.24, 2.45) is 0 Å². The Hall–Kier alpha value is -7.64. The number of amides is 2. The number of carbonyl (C=O) groups excluding carboxylic acids is 2. The number of nitrogens with zero attached hydrogens (tertiary/aromatic N) is 3. The monoisotopic (exact) mass is 1420 g/mol. The minimum atomic E-state index is -1.61. The van der Waals surface area contributed by atoms with Gasteiger partial charge in [-0.3, -0.25) is 39.9 Å². The number of carboxylic acids is 6. The fourth-order valence-electron chi connectivity index (χ4n) is 5.50. The number of halogens is 12. The molecule has 0 aliphatic carbocycles. The lowest BCUT2D eigenvalue weighted by atomic mass is 10.1. The number of rotatable bonds is 11. The Morgan fingerprint density at radius 1 is 0.412 bits per heavy atom. The highest BCUT2D eigenvalue weighted by atomic mass is 35.5. The van der Waals surface area contributed by atoms with Gasteiger partial charge in [0.05, 0.1) is 98.6 Å². The number of nitro benzene ring substituents is 3. The van der Waals surface area contributed by atoms with Crippen molar-refractivity contribution in [3.8, 4) is 5.75 Å². The van der Waals surface area contributed by atoms with E-state index in [0.29, 0.717) is 5.02 Å². The van der Waals surface area contributed by atoms with E-state index in [1.807, 2.05) is 0 Å². The molecule has 0 bridgehead atoms. The normalized spacial score (nSPS) is 9.86. The number of aromatic carboxylic acids is 6. The van der Waals surface area contributed by atoms with Gasteiger partial charge in [0, 0.05) is 24.9 Å². The van der Waals surface area contributed by atoms with Crippen LogP contribution in [-0.2, 0) is 9.59 Å². The average Bonchev–Trinajstić information content (AvgIpc) is 2.45. The molecule has 0 aromatic heterocycles. The van der Waals surface area contributed by atoms with Crippen LogP contribution < -0.4 is 16.4 Å². The molecule has 11 N–H and O–H groups in total. The topological polar surface area (TPSA) is 458 Å².